The molecule has 0 fully saturated rings. The summed E-state index contributed by atoms with van der Waals surface area (Å²) in [6.45, 7) is 0. The second-order valence-corrected chi connectivity index (χ2v) is 18.5. The molecule has 0 amide bonds. The van der Waals surface area contributed by atoms with E-state index in [1.807, 2.05) is 98.1 Å². The molecular weight excluding hydrogens is 905 g/mol. The Morgan fingerprint density at radius 3 is 1.03 bits per heavy atom. The number of benzene rings is 6. The number of hydrogen-bond acceptors (Lipinski definition) is 6. The Morgan fingerprint density at radius 2 is 0.554 bits per heavy atom. The van der Waals surface area contributed by atoms with Crippen LogP contribution in [0.3, 0.4) is 0 Å². The number of para-hydroxylation sites is 2. The van der Waals surface area contributed by atoms with Gasteiger partial charge in [0.1, 0.15) is 0 Å². The summed E-state index contributed by atoms with van der Waals surface area (Å²) in [4.78, 5) is 27.3. The number of nitrogens with zero attached hydrogens (tertiary/aromatic N) is 8. The van der Waals surface area contributed by atoms with Crippen LogP contribution in [-0.2, 0) is 0 Å². The lowest BCUT2D eigenvalue weighted by molar-refractivity contribution is 1.18. The van der Waals surface area contributed by atoms with E-state index < -0.39 is 0 Å². The fraction of sp³-hybridized carbons (Fsp3) is 0. The van der Waals surface area contributed by atoms with Crippen LogP contribution in [0, 0.1) is 0 Å². The Bertz CT molecular complexity index is 4270. The van der Waals surface area contributed by atoms with Crippen LogP contribution in [0.5, 0.6) is 0 Å². The molecule has 0 aliphatic heterocycles. The van der Waals surface area contributed by atoms with E-state index >= 15 is 0 Å². The lowest BCUT2D eigenvalue weighted by atomic mass is 10.0. The molecule has 8 heteroatoms. The van der Waals surface area contributed by atoms with Crippen LogP contribution in [-0.4, -0.2) is 39.0 Å². The van der Waals surface area contributed by atoms with Gasteiger partial charge in [-0.2, -0.15) is 0 Å². The maximum atomic E-state index is 5.18. The van der Waals surface area contributed by atoms with E-state index in [0.717, 1.165) is 112 Å². The van der Waals surface area contributed by atoms with Crippen LogP contribution < -0.4 is 0 Å². The van der Waals surface area contributed by atoms with Crippen molar-refractivity contribution in [2.45, 2.75) is 0 Å². The van der Waals surface area contributed by atoms with E-state index in [4.69, 9.17) is 9.97 Å². The van der Waals surface area contributed by atoms with Crippen molar-refractivity contribution in [3.05, 3.63) is 256 Å². The van der Waals surface area contributed by atoms with E-state index in [9.17, 15) is 0 Å². The third-order valence-corrected chi connectivity index (χ3v) is 14.2. The molecule has 0 aliphatic rings. The van der Waals surface area contributed by atoms with Gasteiger partial charge in [-0.3, -0.25) is 19.9 Å². The number of rotatable bonds is 9. The van der Waals surface area contributed by atoms with Crippen LogP contribution in [0.1, 0.15) is 0 Å². The minimum Gasteiger partial charge on any atom is -0.309 e. The molecule has 6 aromatic carbocycles. The first-order chi connectivity index (χ1) is 36.7. The van der Waals surface area contributed by atoms with Gasteiger partial charge in [-0.15, -0.1) is 0 Å². The van der Waals surface area contributed by atoms with Crippen LogP contribution in [0.15, 0.2) is 256 Å². The Hall–Kier alpha value is -10.2. The molecular formula is C66H42N8. The van der Waals surface area contributed by atoms with Crippen molar-refractivity contribution >= 4 is 43.6 Å². The summed E-state index contributed by atoms with van der Waals surface area (Å²) in [5, 5.41) is 4.81. The highest BCUT2D eigenvalue weighted by Gasteiger charge is 2.18. The molecule has 0 bridgehead atoms. The maximum Gasteiger partial charge on any atom is 0.0716 e. The molecule has 0 N–H and O–H groups in total. The SMILES string of the molecule is c1ccc2c(c1)c1cc(-c3ccc4c5ccccc5n(-c5ccc(-c6cc(-c7ccncc7)cc(-c7ccncc7)n6)cc5)c4c3)ccc1n2-c1ccc(-c2cc(-c3ccncc3)cc(-c3ccncc3)n2)cc1. The quantitative estimate of drug-likeness (QED) is 0.143. The predicted octanol–water partition coefficient (Wildman–Crippen LogP) is 15.9. The molecule has 8 heterocycles. The maximum absolute atomic E-state index is 5.18. The monoisotopic (exact) mass is 946 g/mol. The van der Waals surface area contributed by atoms with Gasteiger partial charge in [0.15, 0.2) is 0 Å². The standard InChI is InChI=1S/C66H42N8/c1-3-7-63-55(5-1)57-19-13-50(42-66(57)74(63)54-17-11-46(12-18-54)60-39-52(44-23-31-68-32-24-44)41-62(72-60)48-27-35-70-36-28-48)49-14-20-65-58(37-49)56-6-2-4-8-64(56)73(65)53-15-9-45(10-16-53)59-38-51(43-21-29-67-30-22-43)40-61(71-59)47-25-33-69-34-26-47/h1-42H. The van der Waals surface area contributed by atoms with Crippen molar-refractivity contribution in [2.75, 3.05) is 0 Å². The second kappa shape index (κ2) is 17.9. The van der Waals surface area contributed by atoms with Crippen molar-refractivity contribution in [1.29, 1.82) is 0 Å². The van der Waals surface area contributed by atoms with Crippen LogP contribution in [0.2, 0.25) is 0 Å². The highest BCUT2D eigenvalue weighted by Crippen LogP contribution is 2.40. The van der Waals surface area contributed by atoms with Crippen molar-refractivity contribution < 1.29 is 0 Å². The number of fused-ring (bicyclic) bond motifs is 6. The van der Waals surface area contributed by atoms with E-state index in [-0.39, 0.29) is 0 Å². The first-order valence-corrected chi connectivity index (χ1v) is 24.6. The molecule has 14 aromatic rings. The Kier molecular flexibility index (Phi) is 10.3. The largest absolute Gasteiger partial charge is 0.309 e. The third-order valence-electron chi connectivity index (χ3n) is 14.2. The van der Waals surface area contributed by atoms with E-state index in [1.165, 1.54) is 21.5 Å². The summed E-state index contributed by atoms with van der Waals surface area (Å²) in [6, 6.07) is 73.5. The molecule has 8 nitrogen and oxygen atoms in total. The Balaban J connectivity index is 0.833. The summed E-state index contributed by atoms with van der Waals surface area (Å²) in [6.07, 6.45) is 14.5. The minimum atomic E-state index is 0.890. The number of aromatic nitrogens is 8. The van der Waals surface area contributed by atoms with Crippen molar-refractivity contribution in [1.82, 2.24) is 39.0 Å². The van der Waals surface area contributed by atoms with Gasteiger partial charge in [0.2, 0.25) is 0 Å². The molecule has 0 spiro atoms. The fourth-order valence-electron chi connectivity index (χ4n) is 10.5. The van der Waals surface area contributed by atoms with Crippen molar-refractivity contribution in [3.8, 4) is 89.8 Å². The smallest absolute Gasteiger partial charge is 0.0716 e. The zero-order chi connectivity index (χ0) is 49.0. The molecule has 74 heavy (non-hydrogen) atoms. The summed E-state index contributed by atoms with van der Waals surface area (Å²) in [7, 11) is 0. The molecule has 0 atom stereocenters. The zero-order valence-electron chi connectivity index (χ0n) is 39.8. The van der Waals surface area contributed by atoms with Crippen LogP contribution in [0.4, 0.5) is 0 Å². The second-order valence-electron chi connectivity index (χ2n) is 18.5. The fourth-order valence-corrected chi connectivity index (χ4v) is 10.5. The lowest BCUT2D eigenvalue weighted by Crippen LogP contribution is -1.95. The molecule has 0 aliphatic carbocycles. The summed E-state index contributed by atoms with van der Waals surface area (Å²) in [5.74, 6) is 0. The zero-order valence-corrected chi connectivity index (χ0v) is 39.8. The van der Waals surface area contributed by atoms with Gasteiger partial charge in [-0.1, -0.05) is 78.9 Å². The molecule has 0 radical (unpaired) electrons. The molecule has 0 unspecified atom stereocenters. The third kappa shape index (κ3) is 7.57. The van der Waals surface area contributed by atoms with Crippen LogP contribution in [0.25, 0.3) is 133 Å². The molecule has 346 valence electrons. The highest BCUT2D eigenvalue weighted by atomic mass is 15.0. The summed E-state index contributed by atoms with van der Waals surface area (Å²) >= 11 is 0. The normalized spacial score (nSPS) is 11.5. The number of hydrogen-bond donors (Lipinski definition) is 0. The average molecular weight is 947 g/mol. The predicted molar refractivity (Wildman–Crippen MR) is 300 cm³/mol. The molecule has 0 saturated heterocycles. The average Bonchev–Trinajstić information content (AvgIpc) is 4.02. The summed E-state index contributed by atoms with van der Waals surface area (Å²) in [5.41, 5.74) is 21.0. The van der Waals surface area contributed by atoms with Gasteiger partial charge in [0.05, 0.1) is 44.8 Å². The van der Waals surface area contributed by atoms with E-state index in [1.54, 1.807) is 0 Å². The van der Waals surface area contributed by atoms with Crippen molar-refractivity contribution in [3.63, 3.8) is 0 Å². The topological polar surface area (TPSA) is 87.2 Å². The first-order valence-electron chi connectivity index (χ1n) is 24.6. The molecule has 8 aromatic heterocycles. The Labute approximate surface area is 426 Å². The first kappa shape index (κ1) is 42.7. The van der Waals surface area contributed by atoms with Gasteiger partial charge in [-0.25, -0.2) is 9.97 Å². The Morgan fingerprint density at radius 1 is 0.216 bits per heavy atom. The van der Waals surface area contributed by atoms with Crippen LogP contribution >= 0.6 is 0 Å². The molecule has 14 rings (SSSR count). The van der Waals surface area contributed by atoms with E-state index in [0.29, 0.717) is 0 Å². The highest BCUT2D eigenvalue weighted by molar-refractivity contribution is 6.12. The van der Waals surface area contributed by atoms with Gasteiger partial charge >= 0.3 is 0 Å². The lowest BCUT2D eigenvalue weighted by Gasteiger charge is -2.12. The molecule has 0 saturated carbocycles. The van der Waals surface area contributed by atoms with Gasteiger partial charge in [0.25, 0.3) is 0 Å². The van der Waals surface area contributed by atoms with Gasteiger partial charge in [0, 0.05) is 105 Å². The van der Waals surface area contributed by atoms with Crippen molar-refractivity contribution in [2.24, 2.45) is 0 Å². The van der Waals surface area contributed by atoms with E-state index in [2.05, 4.69) is 187 Å². The van der Waals surface area contributed by atoms with Gasteiger partial charge < -0.3 is 9.13 Å². The number of pyridine rings is 6. The summed E-state index contributed by atoms with van der Waals surface area (Å²) < 4.78 is 4.76. The minimum absolute atomic E-state index is 0.890. The van der Waals surface area contributed by atoms with Gasteiger partial charge in [-0.05, 0) is 161 Å².